The van der Waals surface area contributed by atoms with Crippen molar-refractivity contribution in [2.45, 2.75) is 6.04 Å². The Kier molecular flexibility index (Phi) is 4.44. The Morgan fingerprint density at radius 2 is 2.04 bits per heavy atom. The van der Waals surface area contributed by atoms with Gasteiger partial charge in [0.05, 0.1) is 5.69 Å². The van der Waals surface area contributed by atoms with Crippen LogP contribution in [0.1, 0.15) is 11.6 Å². The fourth-order valence-electron chi connectivity index (χ4n) is 2.50. The summed E-state index contributed by atoms with van der Waals surface area (Å²) in [6.07, 6.45) is 4.85. The standard InChI is InChI=1S/C17H13N7OS/c25-16(15(24-11-19-22-23-24)12-5-2-1-3-6-12)21-17-20-14(10-26-17)13-7-4-8-18-9-13/h1-11,15H,(H,20,21,25)/t15-/m0/s1. The first-order valence-corrected chi connectivity index (χ1v) is 8.63. The lowest BCUT2D eigenvalue weighted by atomic mass is 10.1. The van der Waals surface area contributed by atoms with Crippen LogP contribution in [0.3, 0.4) is 0 Å². The highest BCUT2D eigenvalue weighted by Crippen LogP contribution is 2.26. The van der Waals surface area contributed by atoms with Gasteiger partial charge in [0.1, 0.15) is 6.33 Å². The van der Waals surface area contributed by atoms with Crippen molar-refractivity contribution in [1.29, 1.82) is 0 Å². The SMILES string of the molecule is O=C(Nc1nc(-c2cccnc2)cs1)[C@H](c1ccccc1)n1cnnn1. The molecule has 1 atom stereocenters. The van der Waals surface area contributed by atoms with Gasteiger partial charge in [-0.3, -0.25) is 15.1 Å². The lowest BCUT2D eigenvalue weighted by molar-refractivity contribution is -0.118. The number of carbonyl (C=O) groups excluding carboxylic acids is 1. The Labute approximate surface area is 152 Å². The molecule has 0 aliphatic rings. The van der Waals surface area contributed by atoms with Gasteiger partial charge in [0.15, 0.2) is 11.2 Å². The van der Waals surface area contributed by atoms with Gasteiger partial charge in [-0.2, -0.15) is 0 Å². The minimum absolute atomic E-state index is 0.268. The number of anilines is 1. The molecular weight excluding hydrogens is 350 g/mol. The van der Waals surface area contributed by atoms with Gasteiger partial charge in [-0.1, -0.05) is 30.3 Å². The van der Waals surface area contributed by atoms with Gasteiger partial charge in [0.2, 0.25) is 0 Å². The second-order valence-corrected chi connectivity index (χ2v) is 6.23. The molecule has 0 aliphatic carbocycles. The van der Waals surface area contributed by atoms with Crippen LogP contribution in [-0.2, 0) is 4.79 Å². The van der Waals surface area contributed by atoms with Gasteiger partial charge in [0, 0.05) is 23.3 Å². The molecule has 0 radical (unpaired) electrons. The number of hydrogen-bond donors (Lipinski definition) is 1. The van der Waals surface area contributed by atoms with Crippen molar-refractivity contribution in [3.8, 4) is 11.3 Å². The molecule has 0 bridgehead atoms. The second-order valence-electron chi connectivity index (χ2n) is 5.37. The molecule has 4 rings (SSSR count). The maximum absolute atomic E-state index is 12.9. The first-order chi connectivity index (χ1) is 12.8. The van der Waals surface area contributed by atoms with Gasteiger partial charge < -0.3 is 0 Å². The first-order valence-electron chi connectivity index (χ1n) is 7.75. The van der Waals surface area contributed by atoms with E-state index in [4.69, 9.17) is 0 Å². The number of hydrogen-bond acceptors (Lipinski definition) is 7. The molecule has 1 amide bonds. The Hall–Kier alpha value is -3.46. The van der Waals surface area contributed by atoms with Gasteiger partial charge in [0.25, 0.3) is 5.91 Å². The number of benzene rings is 1. The highest BCUT2D eigenvalue weighted by Gasteiger charge is 2.24. The number of thiazole rings is 1. The van der Waals surface area contributed by atoms with E-state index in [9.17, 15) is 4.79 Å². The summed E-state index contributed by atoms with van der Waals surface area (Å²) in [6, 6.07) is 12.4. The minimum atomic E-state index is -0.683. The molecule has 4 aromatic rings. The third-order valence-electron chi connectivity index (χ3n) is 3.68. The Morgan fingerprint density at radius 3 is 2.77 bits per heavy atom. The number of amides is 1. The van der Waals surface area contributed by atoms with E-state index in [0.717, 1.165) is 16.8 Å². The number of pyridine rings is 1. The van der Waals surface area contributed by atoms with Crippen molar-refractivity contribution >= 4 is 22.4 Å². The van der Waals surface area contributed by atoms with Crippen molar-refractivity contribution < 1.29 is 4.79 Å². The zero-order valence-electron chi connectivity index (χ0n) is 13.4. The maximum atomic E-state index is 12.9. The van der Waals surface area contributed by atoms with Crippen LogP contribution in [0.25, 0.3) is 11.3 Å². The lowest BCUT2D eigenvalue weighted by Gasteiger charge is -2.15. The number of nitrogens with zero attached hydrogens (tertiary/aromatic N) is 6. The summed E-state index contributed by atoms with van der Waals surface area (Å²) in [6.45, 7) is 0. The van der Waals surface area contributed by atoms with Crippen LogP contribution >= 0.6 is 11.3 Å². The molecule has 0 fully saturated rings. The third-order valence-corrected chi connectivity index (χ3v) is 4.44. The molecule has 8 nitrogen and oxygen atoms in total. The predicted octanol–water partition coefficient (Wildman–Crippen LogP) is 2.42. The molecule has 3 heterocycles. The van der Waals surface area contributed by atoms with Crippen molar-refractivity contribution in [2.75, 3.05) is 5.32 Å². The number of carbonyl (C=O) groups is 1. The quantitative estimate of drug-likeness (QED) is 0.585. The summed E-state index contributed by atoms with van der Waals surface area (Å²) in [7, 11) is 0. The summed E-state index contributed by atoms with van der Waals surface area (Å²) >= 11 is 1.35. The molecule has 26 heavy (non-hydrogen) atoms. The molecular formula is C17H13N7OS. The predicted molar refractivity (Wildman–Crippen MR) is 96.4 cm³/mol. The van der Waals surface area contributed by atoms with Crippen molar-refractivity contribution in [3.05, 3.63) is 72.1 Å². The topological polar surface area (TPSA) is 98.5 Å². The maximum Gasteiger partial charge on any atom is 0.255 e. The monoisotopic (exact) mass is 363 g/mol. The van der Waals surface area contributed by atoms with E-state index >= 15 is 0 Å². The number of aromatic nitrogens is 6. The average molecular weight is 363 g/mol. The average Bonchev–Trinajstić information content (AvgIpc) is 3.36. The summed E-state index contributed by atoms with van der Waals surface area (Å²) < 4.78 is 1.42. The van der Waals surface area contributed by atoms with Gasteiger partial charge >= 0.3 is 0 Å². The molecule has 128 valence electrons. The Balaban J connectivity index is 1.59. The van der Waals surface area contributed by atoms with E-state index in [1.54, 1.807) is 12.4 Å². The van der Waals surface area contributed by atoms with Crippen molar-refractivity contribution in [2.24, 2.45) is 0 Å². The minimum Gasteiger partial charge on any atom is -0.300 e. The normalized spacial score (nSPS) is 11.8. The molecule has 3 aromatic heterocycles. The molecule has 0 spiro atoms. The van der Waals surface area contributed by atoms with Crippen LogP contribution < -0.4 is 5.32 Å². The zero-order valence-corrected chi connectivity index (χ0v) is 14.2. The Bertz CT molecular complexity index is 986. The smallest absolute Gasteiger partial charge is 0.255 e. The number of rotatable bonds is 5. The van der Waals surface area contributed by atoms with Gasteiger partial charge in [-0.15, -0.1) is 16.4 Å². The molecule has 0 unspecified atom stereocenters. The lowest BCUT2D eigenvalue weighted by Crippen LogP contribution is -2.27. The highest BCUT2D eigenvalue weighted by atomic mass is 32.1. The summed E-state index contributed by atoms with van der Waals surface area (Å²) in [5.41, 5.74) is 2.43. The molecule has 0 saturated heterocycles. The zero-order chi connectivity index (χ0) is 17.8. The van der Waals surface area contributed by atoms with Crippen LogP contribution in [0.2, 0.25) is 0 Å². The van der Waals surface area contributed by atoms with Gasteiger partial charge in [-0.25, -0.2) is 9.67 Å². The second kappa shape index (κ2) is 7.19. The van der Waals surface area contributed by atoms with Crippen LogP contribution in [0.4, 0.5) is 5.13 Å². The van der Waals surface area contributed by atoms with Gasteiger partial charge in [-0.05, 0) is 28.1 Å². The highest BCUT2D eigenvalue weighted by molar-refractivity contribution is 7.14. The Morgan fingerprint density at radius 1 is 1.15 bits per heavy atom. The van der Waals surface area contributed by atoms with Crippen molar-refractivity contribution in [1.82, 2.24) is 30.2 Å². The van der Waals surface area contributed by atoms with Crippen molar-refractivity contribution in [3.63, 3.8) is 0 Å². The third kappa shape index (κ3) is 3.33. The molecule has 1 N–H and O–H groups in total. The fourth-order valence-corrected chi connectivity index (χ4v) is 3.22. The van der Waals surface area contributed by atoms with E-state index < -0.39 is 6.04 Å². The summed E-state index contributed by atoms with van der Waals surface area (Å²) in [4.78, 5) is 21.4. The summed E-state index contributed by atoms with van der Waals surface area (Å²) in [5, 5.41) is 16.4. The molecule has 9 heteroatoms. The van der Waals surface area contributed by atoms with E-state index in [-0.39, 0.29) is 5.91 Å². The number of tetrazole rings is 1. The van der Waals surface area contributed by atoms with Crippen LogP contribution in [-0.4, -0.2) is 36.1 Å². The van der Waals surface area contributed by atoms with Crippen LogP contribution in [0.15, 0.2) is 66.6 Å². The molecule has 0 aliphatic heterocycles. The fraction of sp³-hybridized carbons (Fsp3) is 0.0588. The summed E-state index contributed by atoms with van der Waals surface area (Å²) in [5.74, 6) is -0.268. The van der Waals surface area contributed by atoms with E-state index in [1.807, 2.05) is 47.8 Å². The van der Waals surface area contributed by atoms with E-state index in [2.05, 4.69) is 30.8 Å². The van der Waals surface area contributed by atoms with Crippen LogP contribution in [0, 0.1) is 0 Å². The van der Waals surface area contributed by atoms with E-state index in [0.29, 0.717) is 5.13 Å². The molecule has 0 saturated carbocycles. The van der Waals surface area contributed by atoms with E-state index in [1.165, 1.54) is 22.3 Å². The number of nitrogens with one attached hydrogen (secondary N) is 1. The molecule has 1 aromatic carbocycles. The van der Waals surface area contributed by atoms with Crippen LogP contribution in [0.5, 0.6) is 0 Å². The first kappa shape index (κ1) is 16.0. The largest absolute Gasteiger partial charge is 0.300 e.